The van der Waals surface area contributed by atoms with Gasteiger partial charge in [-0.1, -0.05) is 30.4 Å². The number of aromatic carboxylic acids is 1. The van der Waals surface area contributed by atoms with Crippen LogP contribution >= 0.6 is 0 Å². The van der Waals surface area contributed by atoms with Gasteiger partial charge in [0.05, 0.1) is 11.6 Å². The van der Waals surface area contributed by atoms with E-state index in [2.05, 4.69) is 17.5 Å². The van der Waals surface area contributed by atoms with E-state index in [0.717, 1.165) is 23.2 Å². The van der Waals surface area contributed by atoms with Crippen molar-refractivity contribution < 1.29 is 14.6 Å². The summed E-state index contributed by atoms with van der Waals surface area (Å²) in [6.07, 6.45) is 5.43. The topological polar surface area (TPSA) is 82.3 Å². The first-order chi connectivity index (χ1) is 13.1. The molecule has 0 saturated heterocycles. The van der Waals surface area contributed by atoms with Crippen molar-refractivity contribution in [1.82, 2.24) is 0 Å². The third kappa shape index (κ3) is 2.93. The van der Waals surface area contributed by atoms with Gasteiger partial charge in [0.25, 0.3) is 0 Å². The average molecular weight is 360 g/mol. The fourth-order valence-electron chi connectivity index (χ4n) is 4.26. The molecule has 3 atom stereocenters. The number of anilines is 1. The van der Waals surface area contributed by atoms with Crippen LogP contribution in [0.5, 0.6) is 5.75 Å². The number of hydrogen-bond acceptors (Lipinski definition) is 4. The molecule has 2 aliphatic rings. The molecule has 2 N–H and O–H groups in total. The van der Waals surface area contributed by atoms with Gasteiger partial charge in [-0.25, -0.2) is 4.79 Å². The maximum Gasteiger partial charge on any atom is 0.336 e. The molecule has 0 spiro atoms. The summed E-state index contributed by atoms with van der Waals surface area (Å²) in [4.78, 5) is 11.5. The lowest BCUT2D eigenvalue weighted by Crippen LogP contribution is -2.30. The lowest BCUT2D eigenvalue weighted by Gasteiger charge is -2.38. The van der Waals surface area contributed by atoms with Crippen molar-refractivity contribution in [2.45, 2.75) is 25.3 Å². The van der Waals surface area contributed by atoms with Gasteiger partial charge in [-0.3, -0.25) is 0 Å². The molecule has 136 valence electrons. The summed E-state index contributed by atoms with van der Waals surface area (Å²) in [5.41, 5.74) is 4.33. The molecule has 4 rings (SSSR count). The van der Waals surface area contributed by atoms with E-state index in [4.69, 9.17) is 10.00 Å². The SMILES string of the molecule is Cc1c(C(=O)O)ccc2c1N[C@@H](c1ccc(OCC#N)cc1)C1CC=CC21. The summed E-state index contributed by atoms with van der Waals surface area (Å²) < 4.78 is 5.34. The van der Waals surface area contributed by atoms with Gasteiger partial charge in [0.2, 0.25) is 0 Å². The number of carboxylic acid groups (broad SMARTS) is 1. The zero-order valence-electron chi connectivity index (χ0n) is 15.0. The third-order valence-electron chi connectivity index (χ3n) is 5.57. The van der Waals surface area contributed by atoms with Crippen LogP contribution in [-0.2, 0) is 0 Å². The summed E-state index contributed by atoms with van der Waals surface area (Å²) in [5.74, 6) is 0.430. The predicted molar refractivity (Wildman–Crippen MR) is 102 cm³/mol. The van der Waals surface area contributed by atoms with E-state index in [1.165, 1.54) is 5.56 Å². The van der Waals surface area contributed by atoms with Crippen molar-refractivity contribution in [3.63, 3.8) is 0 Å². The number of fused-ring (bicyclic) bond motifs is 3. The molecule has 27 heavy (non-hydrogen) atoms. The number of allylic oxidation sites excluding steroid dienone is 2. The molecule has 0 aromatic heterocycles. The molecular weight excluding hydrogens is 340 g/mol. The zero-order chi connectivity index (χ0) is 19.0. The first-order valence-electron chi connectivity index (χ1n) is 9.00. The van der Waals surface area contributed by atoms with Gasteiger partial charge in [-0.15, -0.1) is 0 Å². The molecule has 0 bridgehead atoms. The Morgan fingerprint density at radius 1 is 1.30 bits per heavy atom. The van der Waals surface area contributed by atoms with Crippen molar-refractivity contribution >= 4 is 11.7 Å². The number of nitrogens with zero attached hydrogens (tertiary/aromatic N) is 1. The van der Waals surface area contributed by atoms with Gasteiger partial charge >= 0.3 is 5.97 Å². The highest BCUT2D eigenvalue weighted by molar-refractivity contribution is 5.92. The van der Waals surface area contributed by atoms with Crippen molar-refractivity contribution in [3.8, 4) is 11.8 Å². The summed E-state index contributed by atoms with van der Waals surface area (Å²) in [6.45, 7) is 1.89. The Morgan fingerprint density at radius 3 is 2.78 bits per heavy atom. The molecule has 1 aliphatic carbocycles. The maximum atomic E-state index is 11.5. The normalized spacial score (nSPS) is 22.3. The summed E-state index contributed by atoms with van der Waals surface area (Å²) >= 11 is 0. The van der Waals surface area contributed by atoms with Crippen molar-refractivity contribution in [3.05, 3.63) is 70.8 Å². The quantitative estimate of drug-likeness (QED) is 0.789. The van der Waals surface area contributed by atoms with Crippen LogP contribution in [-0.4, -0.2) is 17.7 Å². The largest absolute Gasteiger partial charge is 0.479 e. The Kier molecular flexibility index (Phi) is 4.33. The van der Waals surface area contributed by atoms with E-state index < -0.39 is 5.97 Å². The molecule has 2 unspecified atom stereocenters. The minimum absolute atomic E-state index is 0.0280. The van der Waals surface area contributed by atoms with Gasteiger partial charge in [-0.05, 0) is 54.2 Å². The van der Waals surface area contributed by atoms with Crippen molar-refractivity contribution in [2.24, 2.45) is 5.92 Å². The zero-order valence-corrected chi connectivity index (χ0v) is 15.0. The Morgan fingerprint density at radius 2 is 2.07 bits per heavy atom. The van der Waals surface area contributed by atoms with Crippen molar-refractivity contribution in [2.75, 3.05) is 11.9 Å². The summed E-state index contributed by atoms with van der Waals surface area (Å²) in [7, 11) is 0. The molecule has 1 aliphatic heterocycles. The molecule has 0 radical (unpaired) electrons. The molecule has 0 fully saturated rings. The minimum atomic E-state index is -0.906. The minimum Gasteiger partial charge on any atom is -0.479 e. The predicted octanol–water partition coefficient (Wildman–Crippen LogP) is 4.42. The standard InChI is InChI=1S/C22H20N2O3/c1-13-16(22(25)26)9-10-19-17-3-2-4-18(17)21(24-20(13)19)14-5-7-15(8-6-14)27-12-11-23/h2-3,5-10,17-18,21,24H,4,12H2,1H3,(H,25,26)/t17?,18?,21-/m0/s1. The van der Waals surface area contributed by atoms with E-state index in [9.17, 15) is 9.90 Å². The Hall–Kier alpha value is -3.26. The van der Waals surface area contributed by atoms with Crippen LogP contribution in [0.3, 0.4) is 0 Å². The van der Waals surface area contributed by atoms with Gasteiger partial charge in [0.1, 0.15) is 11.8 Å². The number of rotatable bonds is 4. The van der Waals surface area contributed by atoms with E-state index in [1.807, 2.05) is 43.3 Å². The molecule has 5 nitrogen and oxygen atoms in total. The molecule has 0 amide bonds. The highest BCUT2D eigenvalue weighted by Crippen LogP contribution is 2.51. The average Bonchev–Trinajstić information content (AvgIpc) is 3.16. The number of hydrogen-bond donors (Lipinski definition) is 2. The Balaban J connectivity index is 1.71. The molecule has 5 heteroatoms. The van der Waals surface area contributed by atoms with Crippen LogP contribution in [0, 0.1) is 24.2 Å². The highest BCUT2D eigenvalue weighted by atomic mass is 16.5. The monoisotopic (exact) mass is 360 g/mol. The number of nitrogens with one attached hydrogen (secondary N) is 1. The van der Waals surface area contributed by atoms with Gasteiger partial charge in [-0.2, -0.15) is 5.26 Å². The van der Waals surface area contributed by atoms with E-state index in [1.54, 1.807) is 6.07 Å². The fraction of sp³-hybridized carbons (Fsp3) is 0.273. The van der Waals surface area contributed by atoms with Gasteiger partial charge in [0, 0.05) is 11.6 Å². The van der Waals surface area contributed by atoms with E-state index in [-0.39, 0.29) is 18.6 Å². The van der Waals surface area contributed by atoms with Crippen molar-refractivity contribution in [1.29, 1.82) is 5.26 Å². The van der Waals surface area contributed by atoms with E-state index in [0.29, 0.717) is 17.2 Å². The van der Waals surface area contributed by atoms with Gasteiger partial charge < -0.3 is 15.2 Å². The second-order valence-electron chi connectivity index (χ2n) is 7.00. The highest BCUT2D eigenvalue weighted by Gasteiger charge is 2.38. The fourth-order valence-corrected chi connectivity index (χ4v) is 4.26. The summed E-state index contributed by atoms with van der Waals surface area (Å²) in [5, 5.41) is 21.7. The second kappa shape index (κ2) is 6.81. The summed E-state index contributed by atoms with van der Waals surface area (Å²) in [6, 6.07) is 13.5. The lowest BCUT2D eigenvalue weighted by molar-refractivity contribution is 0.0696. The van der Waals surface area contributed by atoms with Crippen LogP contribution in [0.15, 0.2) is 48.6 Å². The molecular formula is C22H20N2O3. The Bertz CT molecular complexity index is 957. The molecule has 1 heterocycles. The number of benzene rings is 2. The number of carboxylic acids is 1. The van der Waals surface area contributed by atoms with Crippen LogP contribution in [0.1, 0.15) is 45.4 Å². The molecule has 0 saturated carbocycles. The first-order valence-corrected chi connectivity index (χ1v) is 9.00. The van der Waals surface area contributed by atoms with Gasteiger partial charge in [0.15, 0.2) is 6.61 Å². The van der Waals surface area contributed by atoms with E-state index >= 15 is 0 Å². The van der Waals surface area contributed by atoms with Crippen LogP contribution < -0.4 is 10.1 Å². The maximum absolute atomic E-state index is 11.5. The van der Waals surface area contributed by atoms with Crippen LogP contribution in [0.25, 0.3) is 0 Å². The molecule has 2 aromatic rings. The first kappa shape index (κ1) is 17.2. The lowest BCUT2D eigenvalue weighted by atomic mass is 9.76. The second-order valence-corrected chi connectivity index (χ2v) is 7.00. The Labute approximate surface area is 157 Å². The smallest absolute Gasteiger partial charge is 0.336 e. The number of nitriles is 1. The van der Waals surface area contributed by atoms with Crippen LogP contribution in [0.4, 0.5) is 5.69 Å². The number of carbonyl (C=O) groups is 1. The third-order valence-corrected chi connectivity index (χ3v) is 5.57. The van der Waals surface area contributed by atoms with Crippen LogP contribution in [0.2, 0.25) is 0 Å². The molecule has 2 aromatic carbocycles. The number of ether oxygens (including phenoxy) is 1.